The summed E-state index contributed by atoms with van der Waals surface area (Å²) in [6.45, 7) is 6.24. The average Bonchev–Trinajstić information content (AvgIpc) is 3.10. The van der Waals surface area contributed by atoms with Gasteiger partial charge in [-0.1, -0.05) is 36.4 Å². The number of hydrogen-bond acceptors (Lipinski definition) is 4. The monoisotopic (exact) mass is 419 g/mol. The van der Waals surface area contributed by atoms with Crippen LogP contribution in [-0.2, 0) is 13.1 Å². The van der Waals surface area contributed by atoms with Crippen molar-refractivity contribution in [3.05, 3.63) is 71.4 Å². The van der Waals surface area contributed by atoms with Gasteiger partial charge in [0.05, 0.1) is 11.4 Å². The normalized spacial score (nSPS) is 11.8. The summed E-state index contributed by atoms with van der Waals surface area (Å²) in [4.78, 5) is 6.81. The maximum absolute atomic E-state index is 4.92. The largest absolute Gasteiger partial charge is 0.309 e. The third-order valence-corrected chi connectivity index (χ3v) is 5.40. The van der Waals surface area contributed by atoms with Crippen molar-refractivity contribution in [2.45, 2.75) is 26.4 Å². The van der Waals surface area contributed by atoms with E-state index in [1.807, 2.05) is 4.68 Å². The SMILES string of the molecule is Cc1cn(-c2cccc(CN(C)CCCN(C)C)c2)nc1-c1ccc(CN(C)C)cc1. The second kappa shape index (κ2) is 10.7. The Balaban J connectivity index is 1.72. The van der Waals surface area contributed by atoms with Gasteiger partial charge >= 0.3 is 0 Å². The predicted molar refractivity (Wildman–Crippen MR) is 131 cm³/mol. The van der Waals surface area contributed by atoms with Gasteiger partial charge in [0.1, 0.15) is 0 Å². The van der Waals surface area contributed by atoms with Crippen molar-refractivity contribution in [2.24, 2.45) is 0 Å². The highest BCUT2D eigenvalue weighted by Crippen LogP contribution is 2.24. The maximum Gasteiger partial charge on any atom is 0.0956 e. The zero-order valence-electron chi connectivity index (χ0n) is 20.0. The highest BCUT2D eigenvalue weighted by Gasteiger charge is 2.10. The molecular weight excluding hydrogens is 382 g/mol. The molecule has 0 N–H and O–H groups in total. The molecule has 0 radical (unpaired) electrons. The quantitative estimate of drug-likeness (QED) is 0.490. The lowest BCUT2D eigenvalue weighted by atomic mass is 10.1. The fourth-order valence-corrected chi connectivity index (χ4v) is 3.86. The summed E-state index contributed by atoms with van der Waals surface area (Å²) in [6, 6.07) is 17.5. The first kappa shape index (κ1) is 23.2. The van der Waals surface area contributed by atoms with E-state index in [1.54, 1.807) is 0 Å². The van der Waals surface area contributed by atoms with E-state index in [1.165, 1.54) is 23.1 Å². The first-order chi connectivity index (χ1) is 14.8. The van der Waals surface area contributed by atoms with Crippen LogP contribution in [-0.4, -0.2) is 72.8 Å². The lowest BCUT2D eigenvalue weighted by molar-refractivity contribution is 0.294. The van der Waals surface area contributed by atoms with Gasteiger partial charge in [-0.3, -0.25) is 0 Å². The summed E-state index contributed by atoms with van der Waals surface area (Å²) in [6.07, 6.45) is 3.31. The molecule has 0 bridgehead atoms. The zero-order chi connectivity index (χ0) is 22.4. The van der Waals surface area contributed by atoms with Crippen LogP contribution in [0, 0.1) is 6.92 Å². The molecule has 1 heterocycles. The average molecular weight is 420 g/mol. The lowest BCUT2D eigenvalue weighted by Gasteiger charge is -2.18. The van der Waals surface area contributed by atoms with Gasteiger partial charge < -0.3 is 14.7 Å². The third kappa shape index (κ3) is 6.76. The number of rotatable bonds is 10. The fraction of sp³-hybridized carbons (Fsp3) is 0.423. The second-order valence-electron chi connectivity index (χ2n) is 9.10. The Morgan fingerprint density at radius 1 is 0.806 bits per heavy atom. The van der Waals surface area contributed by atoms with Crippen LogP contribution in [0.5, 0.6) is 0 Å². The van der Waals surface area contributed by atoms with E-state index in [4.69, 9.17) is 5.10 Å². The van der Waals surface area contributed by atoms with E-state index >= 15 is 0 Å². The summed E-state index contributed by atoms with van der Waals surface area (Å²) in [7, 11) is 10.6. The number of aromatic nitrogens is 2. The summed E-state index contributed by atoms with van der Waals surface area (Å²) in [5, 5.41) is 4.92. The Morgan fingerprint density at radius 3 is 2.23 bits per heavy atom. The van der Waals surface area contributed by atoms with Crippen LogP contribution in [0.2, 0.25) is 0 Å². The maximum atomic E-state index is 4.92. The fourth-order valence-electron chi connectivity index (χ4n) is 3.86. The Kier molecular flexibility index (Phi) is 8.02. The predicted octanol–water partition coefficient (Wildman–Crippen LogP) is 4.29. The molecule has 2 aromatic carbocycles. The summed E-state index contributed by atoms with van der Waals surface area (Å²) < 4.78 is 2.01. The molecule has 0 saturated carbocycles. The van der Waals surface area contributed by atoms with Gasteiger partial charge in [0, 0.05) is 24.8 Å². The minimum atomic E-state index is 0.946. The standard InChI is InChI=1S/C26H37N5/c1-21-18-31(27-26(21)24-13-11-22(12-14-24)19-29(4)5)25-10-7-9-23(17-25)20-30(6)16-8-15-28(2)3/h7,9-14,17-18H,8,15-16,19-20H2,1-6H3. The molecule has 0 atom stereocenters. The minimum absolute atomic E-state index is 0.946. The van der Waals surface area contributed by atoms with Gasteiger partial charge in [-0.2, -0.15) is 5.10 Å². The Hall–Kier alpha value is -2.47. The Bertz CT molecular complexity index is 956. The third-order valence-electron chi connectivity index (χ3n) is 5.40. The lowest BCUT2D eigenvalue weighted by Crippen LogP contribution is -2.23. The molecule has 5 nitrogen and oxygen atoms in total. The molecule has 0 aliphatic rings. The van der Waals surface area contributed by atoms with Crippen molar-refractivity contribution in [1.29, 1.82) is 0 Å². The van der Waals surface area contributed by atoms with Crippen LogP contribution in [0.25, 0.3) is 16.9 Å². The highest BCUT2D eigenvalue weighted by molar-refractivity contribution is 5.63. The van der Waals surface area contributed by atoms with E-state index in [-0.39, 0.29) is 0 Å². The zero-order valence-corrected chi connectivity index (χ0v) is 20.0. The van der Waals surface area contributed by atoms with E-state index < -0.39 is 0 Å². The molecule has 0 fully saturated rings. The van der Waals surface area contributed by atoms with E-state index in [9.17, 15) is 0 Å². The van der Waals surface area contributed by atoms with Gasteiger partial charge in [-0.05, 0) is 90.5 Å². The number of benzene rings is 2. The molecule has 1 aromatic heterocycles. The Morgan fingerprint density at radius 2 is 1.55 bits per heavy atom. The molecule has 0 amide bonds. The Labute approximate surface area is 187 Å². The molecule has 0 aliphatic heterocycles. The van der Waals surface area contributed by atoms with Crippen molar-refractivity contribution >= 4 is 0 Å². The van der Waals surface area contributed by atoms with Crippen LogP contribution < -0.4 is 0 Å². The van der Waals surface area contributed by atoms with Crippen LogP contribution in [0.4, 0.5) is 0 Å². The molecule has 3 rings (SSSR count). The topological polar surface area (TPSA) is 27.5 Å². The minimum Gasteiger partial charge on any atom is -0.309 e. The van der Waals surface area contributed by atoms with Crippen LogP contribution in [0.15, 0.2) is 54.7 Å². The molecule has 3 aromatic rings. The molecule has 0 saturated heterocycles. The number of nitrogens with zero attached hydrogens (tertiary/aromatic N) is 5. The van der Waals surface area contributed by atoms with Gasteiger partial charge in [0.25, 0.3) is 0 Å². The molecule has 31 heavy (non-hydrogen) atoms. The number of aryl methyl sites for hydroxylation is 1. The highest BCUT2D eigenvalue weighted by atomic mass is 15.3. The first-order valence-corrected chi connectivity index (χ1v) is 11.0. The number of hydrogen-bond donors (Lipinski definition) is 0. The molecule has 0 unspecified atom stereocenters. The summed E-state index contributed by atoms with van der Waals surface area (Å²) in [5.74, 6) is 0. The van der Waals surface area contributed by atoms with E-state index in [0.717, 1.165) is 43.1 Å². The van der Waals surface area contributed by atoms with E-state index in [0.29, 0.717) is 0 Å². The second-order valence-corrected chi connectivity index (χ2v) is 9.10. The summed E-state index contributed by atoms with van der Waals surface area (Å²) >= 11 is 0. The molecule has 166 valence electrons. The van der Waals surface area contributed by atoms with Crippen molar-refractivity contribution in [3.63, 3.8) is 0 Å². The van der Waals surface area contributed by atoms with Crippen molar-refractivity contribution in [1.82, 2.24) is 24.5 Å². The molecule has 0 spiro atoms. The van der Waals surface area contributed by atoms with Gasteiger partial charge in [-0.15, -0.1) is 0 Å². The summed E-state index contributed by atoms with van der Waals surface area (Å²) in [5.41, 5.74) is 7.13. The molecule has 5 heteroatoms. The van der Waals surface area contributed by atoms with Gasteiger partial charge in [0.2, 0.25) is 0 Å². The smallest absolute Gasteiger partial charge is 0.0956 e. The van der Waals surface area contributed by atoms with Crippen molar-refractivity contribution in [2.75, 3.05) is 48.3 Å². The van der Waals surface area contributed by atoms with E-state index in [2.05, 4.69) is 112 Å². The molecule has 0 aliphatic carbocycles. The van der Waals surface area contributed by atoms with Gasteiger partial charge in [0.15, 0.2) is 0 Å². The first-order valence-electron chi connectivity index (χ1n) is 11.0. The van der Waals surface area contributed by atoms with Crippen LogP contribution in [0.3, 0.4) is 0 Å². The van der Waals surface area contributed by atoms with Crippen LogP contribution >= 0.6 is 0 Å². The van der Waals surface area contributed by atoms with Crippen molar-refractivity contribution < 1.29 is 0 Å². The van der Waals surface area contributed by atoms with Crippen LogP contribution in [0.1, 0.15) is 23.1 Å². The van der Waals surface area contributed by atoms with Crippen molar-refractivity contribution in [3.8, 4) is 16.9 Å². The van der Waals surface area contributed by atoms with Gasteiger partial charge in [-0.25, -0.2) is 4.68 Å². The molecular formula is C26H37N5.